The molecule has 36 heavy (non-hydrogen) atoms. The molecule has 0 heterocycles. The molecule has 0 bridgehead atoms. The van der Waals surface area contributed by atoms with Crippen LogP contribution in [0, 0.1) is 0 Å². The number of nitrogens with one attached hydrogen (secondary N) is 2. The van der Waals surface area contributed by atoms with Crippen molar-refractivity contribution in [2.75, 3.05) is 19.6 Å². The van der Waals surface area contributed by atoms with Gasteiger partial charge in [-0.2, -0.15) is 10.2 Å². The molecule has 4 N–H and O–H groups in total. The molecular weight excluding hydrogens is 450 g/mol. The summed E-state index contributed by atoms with van der Waals surface area (Å²) in [6, 6.07) is 14.1. The van der Waals surface area contributed by atoms with Gasteiger partial charge in [-0.15, -0.1) is 0 Å². The van der Waals surface area contributed by atoms with Gasteiger partial charge in [-0.05, 0) is 74.3 Å². The highest BCUT2D eigenvalue weighted by atomic mass is 16.2. The number of rotatable bonds is 18. The summed E-state index contributed by atoms with van der Waals surface area (Å²) in [4.78, 5) is 24.3. The number of amides is 2. The molecule has 0 radical (unpaired) electrons. The van der Waals surface area contributed by atoms with Gasteiger partial charge in [0.1, 0.15) is 0 Å². The minimum Gasteiger partial charge on any atom is -0.352 e. The fourth-order valence-corrected chi connectivity index (χ4v) is 3.80. The van der Waals surface area contributed by atoms with Crippen molar-refractivity contribution in [3.05, 3.63) is 59.7 Å². The summed E-state index contributed by atoms with van der Waals surface area (Å²) >= 11 is 0. The summed E-state index contributed by atoms with van der Waals surface area (Å²) in [5.41, 5.74) is 8.05. The van der Waals surface area contributed by atoms with Crippen LogP contribution in [0.25, 0.3) is 0 Å². The molecule has 0 aromatic heterocycles. The van der Waals surface area contributed by atoms with Gasteiger partial charge in [0.2, 0.25) is 0 Å². The second-order valence-corrected chi connectivity index (χ2v) is 9.13. The molecule has 2 aromatic rings. The van der Waals surface area contributed by atoms with Gasteiger partial charge in [-0.25, -0.2) is 0 Å². The van der Waals surface area contributed by atoms with Crippen LogP contribution in [0.1, 0.15) is 98.3 Å². The largest absolute Gasteiger partial charge is 0.352 e. The van der Waals surface area contributed by atoms with Gasteiger partial charge in [-0.1, -0.05) is 58.3 Å². The minimum atomic E-state index is -0.0884. The second-order valence-electron chi connectivity index (χ2n) is 9.13. The smallest absolute Gasteiger partial charge is 0.251 e. The summed E-state index contributed by atoms with van der Waals surface area (Å²) in [6.45, 7) is 4.18. The zero-order valence-corrected chi connectivity index (χ0v) is 21.8. The van der Waals surface area contributed by atoms with Crippen LogP contribution in [0.2, 0.25) is 0 Å². The number of benzene rings is 2. The van der Waals surface area contributed by atoms with Crippen molar-refractivity contribution in [2.45, 2.75) is 77.6 Å². The Balaban J connectivity index is 1.62. The molecule has 0 aliphatic carbocycles. The molecule has 0 aliphatic heterocycles. The zero-order valence-electron chi connectivity index (χ0n) is 21.8. The van der Waals surface area contributed by atoms with Crippen LogP contribution in [0.4, 0.5) is 11.4 Å². The van der Waals surface area contributed by atoms with Gasteiger partial charge < -0.3 is 16.4 Å². The lowest BCUT2D eigenvalue weighted by Crippen LogP contribution is -2.24. The number of carbonyl (C=O) groups is 2. The van der Waals surface area contributed by atoms with E-state index in [4.69, 9.17) is 5.73 Å². The van der Waals surface area contributed by atoms with Gasteiger partial charge >= 0.3 is 0 Å². The molecular formula is C29H43N5O2. The van der Waals surface area contributed by atoms with E-state index in [-0.39, 0.29) is 11.8 Å². The van der Waals surface area contributed by atoms with Crippen LogP contribution >= 0.6 is 0 Å². The van der Waals surface area contributed by atoms with E-state index in [2.05, 4.69) is 20.9 Å². The Morgan fingerprint density at radius 3 is 1.42 bits per heavy atom. The Hall–Kier alpha value is -3.06. The Labute approximate surface area is 216 Å². The highest BCUT2D eigenvalue weighted by Crippen LogP contribution is 2.19. The van der Waals surface area contributed by atoms with E-state index in [1.807, 2.05) is 6.92 Å². The van der Waals surface area contributed by atoms with Crippen molar-refractivity contribution in [3.8, 4) is 0 Å². The summed E-state index contributed by atoms with van der Waals surface area (Å²) in [5.74, 6) is -0.151. The molecule has 2 rings (SSSR count). The molecule has 0 spiro atoms. The first-order valence-corrected chi connectivity index (χ1v) is 13.5. The van der Waals surface area contributed by atoms with Crippen molar-refractivity contribution in [3.63, 3.8) is 0 Å². The Bertz CT molecular complexity index is 910. The van der Waals surface area contributed by atoms with E-state index >= 15 is 0 Å². The predicted octanol–water partition coefficient (Wildman–Crippen LogP) is 6.83. The molecule has 0 saturated heterocycles. The zero-order chi connectivity index (χ0) is 25.8. The Kier molecular flexibility index (Phi) is 14.8. The van der Waals surface area contributed by atoms with E-state index in [9.17, 15) is 9.59 Å². The SMILES string of the molecule is CCCNC(=O)c1ccc(N=Nc2ccc(C(=O)NCCCCCCCCCCCCN)cc2)cc1. The van der Waals surface area contributed by atoms with Gasteiger partial charge in [0.05, 0.1) is 11.4 Å². The fourth-order valence-electron chi connectivity index (χ4n) is 3.80. The molecule has 7 nitrogen and oxygen atoms in total. The van der Waals surface area contributed by atoms with Crippen molar-refractivity contribution >= 4 is 23.2 Å². The second kappa shape index (κ2) is 18.2. The fraction of sp³-hybridized carbons (Fsp3) is 0.517. The standard InChI is InChI=1S/C29H43N5O2/c1-2-22-31-28(35)24-13-17-26(18-14-24)33-34-27-19-15-25(16-20-27)29(36)32-23-12-10-8-6-4-3-5-7-9-11-21-30/h13-20H,2-12,21-23,30H2,1H3,(H,31,35)(H,32,36). The molecule has 0 aliphatic rings. The van der Waals surface area contributed by atoms with Crippen LogP contribution < -0.4 is 16.4 Å². The third kappa shape index (κ3) is 12.1. The van der Waals surface area contributed by atoms with Crippen LogP contribution in [0.15, 0.2) is 58.8 Å². The quantitative estimate of drug-likeness (QED) is 0.156. The third-order valence-corrected chi connectivity index (χ3v) is 5.99. The van der Waals surface area contributed by atoms with Gasteiger partial charge in [0, 0.05) is 24.2 Å². The first-order valence-electron chi connectivity index (χ1n) is 13.5. The predicted molar refractivity (Wildman–Crippen MR) is 147 cm³/mol. The van der Waals surface area contributed by atoms with Gasteiger partial charge in [-0.3, -0.25) is 9.59 Å². The third-order valence-electron chi connectivity index (χ3n) is 5.99. The molecule has 2 amide bonds. The molecule has 0 saturated carbocycles. The van der Waals surface area contributed by atoms with E-state index in [0.29, 0.717) is 35.6 Å². The Morgan fingerprint density at radius 2 is 1.00 bits per heavy atom. The number of carbonyl (C=O) groups excluding carboxylic acids is 2. The molecule has 7 heteroatoms. The van der Waals surface area contributed by atoms with Crippen LogP contribution in [-0.4, -0.2) is 31.4 Å². The minimum absolute atomic E-state index is 0.0621. The monoisotopic (exact) mass is 493 g/mol. The van der Waals surface area contributed by atoms with E-state index < -0.39 is 0 Å². The average molecular weight is 494 g/mol. The van der Waals surface area contributed by atoms with Crippen molar-refractivity contribution in [2.24, 2.45) is 16.0 Å². The maximum atomic E-state index is 12.4. The van der Waals surface area contributed by atoms with Gasteiger partial charge in [0.25, 0.3) is 11.8 Å². The highest BCUT2D eigenvalue weighted by molar-refractivity contribution is 5.94. The van der Waals surface area contributed by atoms with Crippen molar-refractivity contribution in [1.82, 2.24) is 10.6 Å². The molecule has 0 unspecified atom stereocenters. The first kappa shape index (κ1) is 29.2. The summed E-state index contributed by atoms with van der Waals surface area (Å²) in [6.07, 6.45) is 13.2. The molecule has 0 atom stereocenters. The van der Waals surface area contributed by atoms with Crippen LogP contribution in [0.3, 0.4) is 0 Å². The lowest BCUT2D eigenvalue weighted by molar-refractivity contribution is 0.0945. The van der Waals surface area contributed by atoms with Gasteiger partial charge in [0.15, 0.2) is 0 Å². The van der Waals surface area contributed by atoms with E-state index in [1.165, 1.54) is 44.9 Å². The van der Waals surface area contributed by atoms with Crippen LogP contribution in [-0.2, 0) is 0 Å². The lowest BCUT2D eigenvalue weighted by Gasteiger charge is -2.06. The number of nitrogens with two attached hydrogens (primary N) is 1. The number of hydrogen-bond acceptors (Lipinski definition) is 5. The number of unbranched alkanes of at least 4 members (excludes halogenated alkanes) is 9. The van der Waals surface area contributed by atoms with Crippen LogP contribution in [0.5, 0.6) is 0 Å². The maximum absolute atomic E-state index is 12.4. The van der Waals surface area contributed by atoms with Crippen molar-refractivity contribution < 1.29 is 9.59 Å². The normalized spacial score (nSPS) is 11.1. The number of azo groups is 1. The molecule has 196 valence electrons. The number of hydrogen-bond donors (Lipinski definition) is 3. The summed E-state index contributed by atoms with van der Waals surface area (Å²) < 4.78 is 0. The average Bonchev–Trinajstić information content (AvgIpc) is 2.91. The first-order chi connectivity index (χ1) is 17.6. The van der Waals surface area contributed by atoms with E-state index in [0.717, 1.165) is 32.2 Å². The maximum Gasteiger partial charge on any atom is 0.251 e. The number of nitrogens with zero attached hydrogens (tertiary/aromatic N) is 2. The lowest BCUT2D eigenvalue weighted by atomic mass is 10.1. The Morgan fingerprint density at radius 1 is 0.611 bits per heavy atom. The van der Waals surface area contributed by atoms with E-state index in [1.54, 1.807) is 48.5 Å². The summed E-state index contributed by atoms with van der Waals surface area (Å²) in [7, 11) is 0. The molecule has 0 fully saturated rings. The topological polar surface area (TPSA) is 109 Å². The summed E-state index contributed by atoms with van der Waals surface area (Å²) in [5, 5.41) is 14.3. The highest BCUT2D eigenvalue weighted by Gasteiger charge is 2.05. The van der Waals surface area contributed by atoms with Crippen molar-refractivity contribution in [1.29, 1.82) is 0 Å². The molecule has 2 aromatic carbocycles.